The lowest BCUT2D eigenvalue weighted by Crippen LogP contribution is -2.62. The molecule has 127 valence electrons. The van der Waals surface area contributed by atoms with Gasteiger partial charge in [-0.15, -0.1) is 0 Å². The first-order valence-corrected chi connectivity index (χ1v) is 9.02. The summed E-state index contributed by atoms with van der Waals surface area (Å²) >= 11 is 0. The zero-order valence-corrected chi connectivity index (χ0v) is 14.6. The van der Waals surface area contributed by atoms with Gasteiger partial charge in [-0.2, -0.15) is 0 Å². The molecule has 0 unspecified atom stereocenters. The first-order valence-electron chi connectivity index (χ1n) is 9.02. The third-order valence-corrected chi connectivity index (χ3v) is 7.40. The zero-order valence-electron chi connectivity index (χ0n) is 14.6. The van der Waals surface area contributed by atoms with Crippen LogP contribution in [0.5, 0.6) is 0 Å². The van der Waals surface area contributed by atoms with Crippen molar-refractivity contribution in [3.8, 4) is 0 Å². The molecule has 0 heterocycles. The van der Waals surface area contributed by atoms with Crippen LogP contribution >= 0.6 is 0 Å². The molecule has 2 fully saturated rings. The van der Waals surface area contributed by atoms with E-state index in [9.17, 15) is 15.3 Å². The van der Waals surface area contributed by atoms with Gasteiger partial charge in [-0.25, -0.2) is 0 Å². The van der Waals surface area contributed by atoms with Gasteiger partial charge < -0.3 is 15.3 Å². The van der Waals surface area contributed by atoms with Gasteiger partial charge >= 0.3 is 0 Å². The quantitative estimate of drug-likeness (QED) is 0.652. The Bertz CT molecular complexity index is 592. The van der Waals surface area contributed by atoms with Crippen molar-refractivity contribution in [2.24, 2.45) is 29.1 Å². The SMILES string of the molecule is C[C](C)C1=C[C@H]2C[C@@]3(C=C(C)[C@H](O)[C@@]3(O)[C@@H]1O)[C@H](C)C[C@H]1C[C@H]12. The molecule has 0 aromatic rings. The Hall–Kier alpha value is -0.640. The molecular weight excluding hydrogens is 288 g/mol. The largest absolute Gasteiger partial charge is 0.386 e. The predicted molar refractivity (Wildman–Crippen MR) is 89.3 cm³/mol. The summed E-state index contributed by atoms with van der Waals surface area (Å²) in [5.41, 5.74) is -0.392. The summed E-state index contributed by atoms with van der Waals surface area (Å²) in [4.78, 5) is 0. The predicted octanol–water partition coefficient (Wildman–Crippen LogP) is 2.62. The van der Waals surface area contributed by atoms with Crippen LogP contribution in [0.25, 0.3) is 0 Å². The van der Waals surface area contributed by atoms with E-state index in [1.54, 1.807) is 0 Å². The van der Waals surface area contributed by atoms with Crippen molar-refractivity contribution in [3.63, 3.8) is 0 Å². The molecule has 4 rings (SSSR count). The summed E-state index contributed by atoms with van der Waals surface area (Å²) in [6.45, 7) is 8.07. The average molecular weight is 317 g/mol. The number of fused-ring (bicyclic) bond motifs is 3. The summed E-state index contributed by atoms with van der Waals surface area (Å²) < 4.78 is 0. The molecule has 4 aliphatic carbocycles. The van der Waals surface area contributed by atoms with E-state index < -0.39 is 23.2 Å². The minimum atomic E-state index is -1.51. The number of aliphatic hydroxyl groups excluding tert-OH is 2. The highest BCUT2D eigenvalue weighted by Crippen LogP contribution is 2.66. The van der Waals surface area contributed by atoms with E-state index in [0.29, 0.717) is 11.8 Å². The highest BCUT2D eigenvalue weighted by atomic mass is 16.4. The number of hydrogen-bond donors (Lipinski definition) is 3. The molecule has 23 heavy (non-hydrogen) atoms. The summed E-state index contributed by atoms with van der Waals surface area (Å²) in [6.07, 6.45) is 5.51. The summed E-state index contributed by atoms with van der Waals surface area (Å²) in [7, 11) is 0. The molecule has 2 bridgehead atoms. The monoisotopic (exact) mass is 317 g/mol. The molecule has 0 aromatic heterocycles. The molecule has 3 N–H and O–H groups in total. The van der Waals surface area contributed by atoms with Gasteiger partial charge in [0.15, 0.2) is 0 Å². The molecule has 0 aliphatic heterocycles. The first-order chi connectivity index (χ1) is 10.7. The fraction of sp³-hybridized carbons (Fsp3) is 0.750. The highest BCUT2D eigenvalue weighted by molar-refractivity contribution is 5.43. The van der Waals surface area contributed by atoms with E-state index in [4.69, 9.17) is 0 Å². The molecule has 0 amide bonds. The molecule has 3 heteroatoms. The lowest BCUT2D eigenvalue weighted by Gasteiger charge is -2.49. The highest BCUT2D eigenvalue weighted by Gasteiger charge is 2.68. The molecule has 3 nitrogen and oxygen atoms in total. The van der Waals surface area contributed by atoms with Crippen LogP contribution in [0, 0.1) is 35.0 Å². The Morgan fingerprint density at radius 2 is 1.87 bits per heavy atom. The maximum Gasteiger partial charge on any atom is 0.133 e. The van der Waals surface area contributed by atoms with E-state index in [1.807, 2.05) is 20.8 Å². The molecule has 2 saturated carbocycles. The second-order valence-corrected chi connectivity index (χ2v) is 8.85. The van der Waals surface area contributed by atoms with Crippen LogP contribution in [-0.4, -0.2) is 33.1 Å². The Labute approximate surface area is 139 Å². The Morgan fingerprint density at radius 3 is 2.52 bits per heavy atom. The minimum absolute atomic E-state index is 0.263. The summed E-state index contributed by atoms with van der Waals surface area (Å²) in [5, 5.41) is 33.7. The fourth-order valence-corrected chi connectivity index (χ4v) is 6.02. The molecule has 4 aliphatic rings. The smallest absolute Gasteiger partial charge is 0.133 e. The average Bonchev–Trinajstić information content (AvgIpc) is 3.22. The second-order valence-electron chi connectivity index (χ2n) is 8.85. The van der Waals surface area contributed by atoms with E-state index >= 15 is 0 Å². The normalized spacial score (nSPS) is 54.6. The van der Waals surface area contributed by atoms with Gasteiger partial charge in [0.1, 0.15) is 17.8 Å². The van der Waals surface area contributed by atoms with Gasteiger partial charge in [-0.1, -0.05) is 32.9 Å². The van der Waals surface area contributed by atoms with Crippen molar-refractivity contribution in [2.45, 2.75) is 64.8 Å². The van der Waals surface area contributed by atoms with Crippen molar-refractivity contribution < 1.29 is 15.3 Å². The van der Waals surface area contributed by atoms with Crippen LogP contribution in [0.1, 0.15) is 47.0 Å². The first kappa shape index (κ1) is 15.9. The topological polar surface area (TPSA) is 60.7 Å². The van der Waals surface area contributed by atoms with Gasteiger partial charge in [-0.05, 0) is 66.9 Å². The fourth-order valence-electron chi connectivity index (χ4n) is 6.02. The van der Waals surface area contributed by atoms with Crippen molar-refractivity contribution in [1.29, 1.82) is 0 Å². The van der Waals surface area contributed by atoms with Gasteiger partial charge in [0, 0.05) is 5.41 Å². The van der Waals surface area contributed by atoms with Crippen LogP contribution in [0.4, 0.5) is 0 Å². The molecular formula is C20H29O3. The molecule has 8 atom stereocenters. The molecule has 1 radical (unpaired) electrons. The lowest BCUT2D eigenvalue weighted by molar-refractivity contribution is -0.185. The maximum absolute atomic E-state index is 11.7. The van der Waals surface area contributed by atoms with Crippen LogP contribution in [-0.2, 0) is 0 Å². The van der Waals surface area contributed by atoms with E-state index in [-0.39, 0.29) is 5.92 Å². The van der Waals surface area contributed by atoms with Crippen molar-refractivity contribution in [1.82, 2.24) is 0 Å². The molecule has 0 aromatic carbocycles. The Kier molecular flexibility index (Phi) is 3.25. The van der Waals surface area contributed by atoms with Crippen LogP contribution in [0.2, 0.25) is 0 Å². The number of rotatable bonds is 1. The lowest BCUT2D eigenvalue weighted by atomic mass is 9.60. The van der Waals surface area contributed by atoms with Gasteiger partial charge in [0.25, 0.3) is 0 Å². The third kappa shape index (κ3) is 1.82. The Balaban J connectivity index is 1.93. The summed E-state index contributed by atoms with van der Waals surface area (Å²) in [6, 6.07) is 0. The maximum atomic E-state index is 11.7. The number of hydrogen-bond acceptors (Lipinski definition) is 3. The Morgan fingerprint density at radius 1 is 1.17 bits per heavy atom. The zero-order chi connectivity index (χ0) is 16.7. The van der Waals surface area contributed by atoms with E-state index in [2.05, 4.69) is 19.1 Å². The molecule has 1 spiro atoms. The van der Waals surface area contributed by atoms with E-state index in [1.165, 1.54) is 6.42 Å². The van der Waals surface area contributed by atoms with Crippen LogP contribution in [0.15, 0.2) is 23.3 Å². The van der Waals surface area contributed by atoms with Gasteiger partial charge in [0.2, 0.25) is 0 Å². The third-order valence-electron chi connectivity index (χ3n) is 7.40. The molecule has 0 saturated heterocycles. The van der Waals surface area contributed by atoms with Gasteiger partial charge in [-0.3, -0.25) is 0 Å². The minimum Gasteiger partial charge on any atom is -0.386 e. The van der Waals surface area contributed by atoms with Gasteiger partial charge in [0.05, 0.1) is 0 Å². The van der Waals surface area contributed by atoms with Crippen molar-refractivity contribution in [2.75, 3.05) is 0 Å². The number of aliphatic hydroxyl groups is 3. The van der Waals surface area contributed by atoms with Crippen molar-refractivity contribution >= 4 is 0 Å². The van der Waals surface area contributed by atoms with Crippen LogP contribution in [0.3, 0.4) is 0 Å². The second kappa shape index (κ2) is 4.71. The van der Waals surface area contributed by atoms with Crippen LogP contribution < -0.4 is 0 Å². The van der Waals surface area contributed by atoms with Crippen molar-refractivity contribution in [3.05, 3.63) is 29.2 Å². The number of allylic oxidation sites excluding steroid dienone is 1. The summed E-state index contributed by atoms with van der Waals surface area (Å²) in [5.74, 6) is 3.13. The van der Waals surface area contributed by atoms with E-state index in [0.717, 1.165) is 35.8 Å². The standard InChI is InChI=1S/C20H29O3/c1-10(2)15-7-14-9-19(12(4)5-13-6-16(13)14)8-11(3)17(21)20(19,23)18(15)22/h7-8,12-14,16-18,21-23H,5-6,9H2,1-4H3/t12-,13+,14+,16-,17+,18-,19+,20-/m1/s1.